The van der Waals surface area contributed by atoms with Crippen LogP contribution in [0.25, 0.3) is 0 Å². The number of ether oxygens (including phenoxy) is 2. The predicted octanol–water partition coefficient (Wildman–Crippen LogP) is 3.45. The molecule has 0 saturated carbocycles. The Labute approximate surface area is 163 Å². The summed E-state index contributed by atoms with van der Waals surface area (Å²) in [5, 5.41) is 3.38. The minimum atomic E-state index is -0.872. The third kappa shape index (κ3) is 5.01. The molecule has 0 spiro atoms. The number of aryl methyl sites for hydroxylation is 1. The zero-order chi connectivity index (χ0) is 19.4. The van der Waals surface area contributed by atoms with E-state index in [0.29, 0.717) is 18.0 Å². The Morgan fingerprint density at radius 2 is 2.00 bits per heavy atom. The first kappa shape index (κ1) is 19.2. The van der Waals surface area contributed by atoms with Crippen molar-refractivity contribution in [3.05, 3.63) is 64.2 Å². The number of nitrogens with one attached hydrogen (secondary N) is 1. The molecule has 1 aliphatic heterocycles. The second-order valence-corrected chi connectivity index (χ2v) is 7.18. The van der Waals surface area contributed by atoms with Crippen molar-refractivity contribution in [3.63, 3.8) is 0 Å². The number of halogens is 1. The standard InChI is InChI=1S/C21H22ClNO4/c1-13-3-5-15(6-4-13)11-23-20(24)14(2)27-21(25)17-9-16-10-18(22)7-8-19(16)26-12-17/h3-8,10,14,17H,9,11-12H2,1-2H3,(H,23,24)/t14-,17+/m0/s1. The topological polar surface area (TPSA) is 64.6 Å². The van der Waals surface area contributed by atoms with Crippen molar-refractivity contribution in [3.8, 4) is 5.75 Å². The molecule has 1 N–H and O–H groups in total. The smallest absolute Gasteiger partial charge is 0.313 e. The highest BCUT2D eigenvalue weighted by Crippen LogP contribution is 2.30. The first-order valence-electron chi connectivity index (χ1n) is 8.87. The molecule has 142 valence electrons. The van der Waals surface area contributed by atoms with Crippen LogP contribution in [0.3, 0.4) is 0 Å². The van der Waals surface area contributed by atoms with Crippen LogP contribution in [0.2, 0.25) is 5.02 Å². The number of carbonyl (C=O) groups excluding carboxylic acids is 2. The van der Waals surface area contributed by atoms with E-state index in [1.165, 1.54) is 0 Å². The van der Waals surface area contributed by atoms with Crippen LogP contribution in [0.15, 0.2) is 42.5 Å². The lowest BCUT2D eigenvalue weighted by Gasteiger charge is -2.25. The van der Waals surface area contributed by atoms with E-state index in [1.54, 1.807) is 25.1 Å². The minimum absolute atomic E-state index is 0.227. The minimum Gasteiger partial charge on any atom is -0.492 e. The Balaban J connectivity index is 1.51. The number of esters is 1. The lowest BCUT2D eigenvalue weighted by Crippen LogP contribution is -2.38. The van der Waals surface area contributed by atoms with Crippen LogP contribution >= 0.6 is 11.6 Å². The summed E-state index contributed by atoms with van der Waals surface area (Å²) in [6.45, 7) is 4.19. The van der Waals surface area contributed by atoms with E-state index in [-0.39, 0.29) is 12.5 Å². The number of carbonyl (C=O) groups is 2. The first-order valence-corrected chi connectivity index (χ1v) is 9.25. The summed E-state index contributed by atoms with van der Waals surface area (Å²) in [7, 11) is 0. The number of hydrogen-bond acceptors (Lipinski definition) is 4. The van der Waals surface area contributed by atoms with E-state index in [1.807, 2.05) is 31.2 Å². The summed E-state index contributed by atoms with van der Waals surface area (Å²) < 4.78 is 10.9. The maximum atomic E-state index is 12.4. The highest BCUT2D eigenvalue weighted by Gasteiger charge is 2.30. The van der Waals surface area contributed by atoms with Crippen LogP contribution in [0.1, 0.15) is 23.6 Å². The molecule has 2 aromatic rings. The van der Waals surface area contributed by atoms with Crippen LogP contribution < -0.4 is 10.1 Å². The van der Waals surface area contributed by atoms with E-state index in [9.17, 15) is 9.59 Å². The van der Waals surface area contributed by atoms with Crippen molar-refractivity contribution < 1.29 is 19.1 Å². The Hall–Kier alpha value is -2.53. The monoisotopic (exact) mass is 387 g/mol. The van der Waals surface area contributed by atoms with E-state index in [4.69, 9.17) is 21.1 Å². The van der Waals surface area contributed by atoms with Gasteiger partial charge in [0.1, 0.15) is 12.4 Å². The number of amides is 1. The highest BCUT2D eigenvalue weighted by molar-refractivity contribution is 6.30. The van der Waals surface area contributed by atoms with E-state index < -0.39 is 18.0 Å². The van der Waals surface area contributed by atoms with Gasteiger partial charge in [0.25, 0.3) is 5.91 Å². The quantitative estimate of drug-likeness (QED) is 0.798. The summed E-state index contributed by atoms with van der Waals surface area (Å²) in [6.07, 6.45) is -0.393. The molecule has 27 heavy (non-hydrogen) atoms. The van der Waals surface area contributed by atoms with Crippen LogP contribution in [0, 0.1) is 12.8 Å². The van der Waals surface area contributed by atoms with Gasteiger partial charge in [0.15, 0.2) is 6.10 Å². The van der Waals surface area contributed by atoms with E-state index >= 15 is 0 Å². The van der Waals surface area contributed by atoms with Crippen molar-refractivity contribution >= 4 is 23.5 Å². The summed E-state index contributed by atoms with van der Waals surface area (Å²) >= 11 is 6.00. The van der Waals surface area contributed by atoms with Gasteiger partial charge in [0.2, 0.25) is 0 Å². The summed E-state index contributed by atoms with van der Waals surface area (Å²) in [6, 6.07) is 13.2. The van der Waals surface area contributed by atoms with Crippen molar-refractivity contribution in [1.82, 2.24) is 5.32 Å². The molecular weight excluding hydrogens is 366 g/mol. The fraction of sp³-hybridized carbons (Fsp3) is 0.333. The molecule has 1 amide bonds. The molecule has 0 radical (unpaired) electrons. The highest BCUT2D eigenvalue weighted by atomic mass is 35.5. The molecule has 2 aromatic carbocycles. The average molecular weight is 388 g/mol. The maximum absolute atomic E-state index is 12.4. The average Bonchev–Trinajstić information content (AvgIpc) is 2.66. The Kier molecular flexibility index (Phi) is 6.01. The molecule has 6 heteroatoms. The Morgan fingerprint density at radius 3 is 2.74 bits per heavy atom. The van der Waals surface area contributed by atoms with E-state index in [0.717, 1.165) is 22.4 Å². The van der Waals surface area contributed by atoms with Crippen LogP contribution in [0.5, 0.6) is 5.75 Å². The van der Waals surface area contributed by atoms with Gasteiger partial charge >= 0.3 is 5.97 Å². The Bertz CT molecular complexity index is 835. The second-order valence-electron chi connectivity index (χ2n) is 6.75. The van der Waals surface area contributed by atoms with Gasteiger partial charge in [-0.2, -0.15) is 0 Å². The van der Waals surface area contributed by atoms with Crippen LogP contribution in [-0.2, 0) is 27.3 Å². The van der Waals surface area contributed by atoms with Gasteiger partial charge < -0.3 is 14.8 Å². The molecule has 3 rings (SSSR count). The van der Waals surface area contributed by atoms with Gasteiger partial charge in [0, 0.05) is 11.6 Å². The first-order chi connectivity index (χ1) is 12.9. The predicted molar refractivity (Wildman–Crippen MR) is 103 cm³/mol. The molecule has 0 unspecified atom stereocenters. The number of rotatable bonds is 5. The molecule has 0 aromatic heterocycles. The van der Waals surface area contributed by atoms with Crippen molar-refractivity contribution in [2.24, 2.45) is 5.92 Å². The van der Waals surface area contributed by atoms with Gasteiger partial charge in [-0.15, -0.1) is 0 Å². The summed E-state index contributed by atoms with van der Waals surface area (Å²) in [5.41, 5.74) is 3.01. The number of fused-ring (bicyclic) bond motifs is 1. The van der Waals surface area contributed by atoms with E-state index in [2.05, 4.69) is 5.32 Å². The molecule has 2 atom stereocenters. The fourth-order valence-electron chi connectivity index (χ4n) is 2.88. The number of hydrogen-bond donors (Lipinski definition) is 1. The molecular formula is C21H22ClNO4. The zero-order valence-corrected chi connectivity index (χ0v) is 16.1. The normalized spacial score (nSPS) is 16.6. The summed E-state index contributed by atoms with van der Waals surface area (Å²) in [4.78, 5) is 24.6. The third-order valence-corrected chi connectivity index (χ3v) is 4.75. The lowest BCUT2D eigenvalue weighted by atomic mass is 9.97. The fourth-order valence-corrected chi connectivity index (χ4v) is 3.07. The SMILES string of the molecule is Cc1ccc(CNC(=O)[C@H](C)OC(=O)[C@H]2COc3ccc(Cl)cc3C2)cc1. The second kappa shape index (κ2) is 8.44. The molecule has 0 fully saturated rings. The lowest BCUT2D eigenvalue weighted by molar-refractivity contribution is -0.160. The molecule has 1 aliphatic rings. The summed E-state index contributed by atoms with van der Waals surface area (Å²) in [5.74, 6) is -0.502. The molecule has 0 saturated heterocycles. The molecule has 5 nitrogen and oxygen atoms in total. The van der Waals surface area contributed by atoms with Gasteiger partial charge in [0.05, 0.1) is 5.92 Å². The van der Waals surface area contributed by atoms with Crippen molar-refractivity contribution in [2.75, 3.05) is 6.61 Å². The van der Waals surface area contributed by atoms with Gasteiger partial charge in [-0.1, -0.05) is 41.4 Å². The molecule has 0 aliphatic carbocycles. The Morgan fingerprint density at radius 1 is 1.26 bits per heavy atom. The van der Waals surface area contributed by atoms with Crippen LogP contribution in [0.4, 0.5) is 0 Å². The van der Waals surface area contributed by atoms with Crippen molar-refractivity contribution in [2.45, 2.75) is 32.9 Å². The molecule has 1 heterocycles. The van der Waals surface area contributed by atoms with Crippen molar-refractivity contribution in [1.29, 1.82) is 0 Å². The van der Waals surface area contributed by atoms with Gasteiger partial charge in [-0.05, 0) is 49.6 Å². The zero-order valence-electron chi connectivity index (χ0n) is 15.3. The number of benzene rings is 2. The van der Waals surface area contributed by atoms with Gasteiger partial charge in [-0.25, -0.2) is 0 Å². The van der Waals surface area contributed by atoms with Gasteiger partial charge in [-0.3, -0.25) is 9.59 Å². The third-order valence-electron chi connectivity index (χ3n) is 4.51. The van der Waals surface area contributed by atoms with Crippen LogP contribution in [-0.4, -0.2) is 24.6 Å². The molecule has 0 bridgehead atoms. The maximum Gasteiger partial charge on any atom is 0.313 e. The largest absolute Gasteiger partial charge is 0.492 e.